The lowest BCUT2D eigenvalue weighted by Crippen LogP contribution is -2.48. The van der Waals surface area contributed by atoms with Crippen molar-refractivity contribution < 1.29 is 14.3 Å². The second-order valence-corrected chi connectivity index (χ2v) is 6.66. The number of nitrogens with one attached hydrogen (secondary N) is 1. The molecule has 1 fully saturated rings. The van der Waals surface area contributed by atoms with Crippen LogP contribution in [-0.2, 0) is 16.1 Å². The van der Waals surface area contributed by atoms with Crippen LogP contribution in [0.5, 0.6) is 5.75 Å². The highest BCUT2D eigenvalue weighted by Gasteiger charge is 2.35. The number of nitrogens with zero attached hydrogens (tertiary/aromatic N) is 1. The molecule has 0 aromatic heterocycles. The summed E-state index contributed by atoms with van der Waals surface area (Å²) in [4.78, 5) is 26.6. The fourth-order valence-electron chi connectivity index (χ4n) is 2.48. The lowest BCUT2D eigenvalue weighted by atomic mass is 10.1. The van der Waals surface area contributed by atoms with E-state index in [4.69, 9.17) is 4.74 Å². The normalized spacial score (nSPS) is 18.6. The molecule has 1 heterocycles. The molecule has 2 rings (SSSR count). The topological polar surface area (TPSA) is 58.6 Å². The number of methoxy groups -OCH3 is 1. The molecule has 0 unspecified atom stereocenters. The van der Waals surface area contributed by atoms with Gasteiger partial charge in [0.1, 0.15) is 11.8 Å². The minimum absolute atomic E-state index is 0.0433. The summed E-state index contributed by atoms with van der Waals surface area (Å²) >= 11 is 1.62. The van der Waals surface area contributed by atoms with Crippen molar-refractivity contribution in [3.05, 3.63) is 29.8 Å². The van der Waals surface area contributed by atoms with Gasteiger partial charge in [-0.3, -0.25) is 9.59 Å². The van der Waals surface area contributed by atoms with E-state index in [-0.39, 0.29) is 23.8 Å². The van der Waals surface area contributed by atoms with Crippen LogP contribution in [0.1, 0.15) is 25.8 Å². The molecule has 2 amide bonds. The molecule has 0 aliphatic carbocycles. The summed E-state index contributed by atoms with van der Waals surface area (Å²) in [7, 11) is 1.61. The molecule has 0 bridgehead atoms. The van der Waals surface area contributed by atoms with E-state index >= 15 is 0 Å². The Bertz CT molecular complexity index is 565. The third-order valence-electron chi connectivity index (χ3n) is 4.15. The Balaban J connectivity index is 1.98. The van der Waals surface area contributed by atoms with Crippen molar-refractivity contribution in [2.24, 2.45) is 5.92 Å². The molecule has 23 heavy (non-hydrogen) atoms. The predicted octanol–water partition coefficient (Wildman–Crippen LogP) is 2.26. The van der Waals surface area contributed by atoms with E-state index in [9.17, 15) is 9.59 Å². The van der Waals surface area contributed by atoms with Crippen LogP contribution >= 0.6 is 11.8 Å². The molecule has 126 valence electrons. The molecule has 6 heteroatoms. The maximum absolute atomic E-state index is 12.5. The lowest BCUT2D eigenvalue weighted by molar-refractivity contribution is -0.140. The summed E-state index contributed by atoms with van der Waals surface area (Å²) in [5, 5.41) is 2.93. The van der Waals surface area contributed by atoms with Crippen LogP contribution in [0.2, 0.25) is 0 Å². The number of hydrogen-bond donors (Lipinski definition) is 1. The van der Waals surface area contributed by atoms with Gasteiger partial charge in [-0.05, 0) is 12.5 Å². The molecule has 0 saturated carbocycles. The Labute approximate surface area is 141 Å². The van der Waals surface area contributed by atoms with Crippen LogP contribution in [0, 0.1) is 5.92 Å². The number of amides is 2. The highest BCUT2D eigenvalue weighted by Crippen LogP contribution is 2.24. The fourth-order valence-corrected chi connectivity index (χ4v) is 3.65. The van der Waals surface area contributed by atoms with Gasteiger partial charge >= 0.3 is 0 Å². The maximum Gasteiger partial charge on any atom is 0.243 e. The standard InChI is InChI=1S/C17H24N2O3S/c1-4-12(2)17(21)19-11-23-10-14(19)16(20)18-9-13-7-5-6-8-15(13)22-3/h5-8,12,14H,4,9-11H2,1-3H3,(H,18,20)/t12-,14-/m0/s1. The van der Waals surface area contributed by atoms with Crippen LogP contribution in [-0.4, -0.2) is 41.5 Å². The molecule has 1 aromatic carbocycles. The number of hydrogen-bond acceptors (Lipinski definition) is 4. The maximum atomic E-state index is 12.5. The predicted molar refractivity (Wildman–Crippen MR) is 92.3 cm³/mol. The van der Waals surface area contributed by atoms with Gasteiger partial charge in [0.05, 0.1) is 13.0 Å². The zero-order valence-electron chi connectivity index (χ0n) is 13.9. The average Bonchev–Trinajstić information content (AvgIpc) is 3.08. The van der Waals surface area contributed by atoms with Crippen LogP contribution in [0.15, 0.2) is 24.3 Å². The van der Waals surface area contributed by atoms with Gasteiger partial charge in [0.25, 0.3) is 0 Å². The molecule has 0 radical (unpaired) electrons. The molecular weight excluding hydrogens is 312 g/mol. The van der Waals surface area contributed by atoms with E-state index in [1.165, 1.54) is 0 Å². The summed E-state index contributed by atoms with van der Waals surface area (Å²) in [6.45, 7) is 4.30. The first-order valence-corrected chi connectivity index (χ1v) is 9.01. The van der Waals surface area contributed by atoms with Crippen molar-refractivity contribution in [2.45, 2.75) is 32.9 Å². The Kier molecular flexibility index (Phi) is 6.33. The van der Waals surface area contributed by atoms with Gasteiger partial charge in [-0.15, -0.1) is 11.8 Å². The zero-order valence-corrected chi connectivity index (χ0v) is 14.7. The summed E-state index contributed by atoms with van der Waals surface area (Å²) in [6.07, 6.45) is 0.787. The second-order valence-electron chi connectivity index (χ2n) is 5.66. The second kappa shape index (κ2) is 8.24. The van der Waals surface area contributed by atoms with E-state index in [1.807, 2.05) is 38.1 Å². The summed E-state index contributed by atoms with van der Waals surface area (Å²) in [5.41, 5.74) is 0.925. The van der Waals surface area contributed by atoms with E-state index < -0.39 is 0 Å². The van der Waals surface area contributed by atoms with Crippen molar-refractivity contribution in [1.29, 1.82) is 0 Å². The molecule has 1 saturated heterocycles. The van der Waals surface area contributed by atoms with Crippen molar-refractivity contribution in [1.82, 2.24) is 10.2 Å². The fraction of sp³-hybridized carbons (Fsp3) is 0.529. The van der Waals surface area contributed by atoms with Gasteiger partial charge in [-0.2, -0.15) is 0 Å². The highest BCUT2D eigenvalue weighted by atomic mass is 32.2. The van der Waals surface area contributed by atoms with E-state index in [1.54, 1.807) is 23.8 Å². The Morgan fingerprint density at radius 1 is 1.43 bits per heavy atom. The van der Waals surface area contributed by atoms with Gasteiger partial charge in [0.2, 0.25) is 11.8 Å². The van der Waals surface area contributed by atoms with Gasteiger partial charge in [-0.1, -0.05) is 32.0 Å². The van der Waals surface area contributed by atoms with Gasteiger partial charge in [0, 0.05) is 23.8 Å². The van der Waals surface area contributed by atoms with E-state index in [0.29, 0.717) is 18.2 Å². The van der Waals surface area contributed by atoms with Crippen molar-refractivity contribution in [3.63, 3.8) is 0 Å². The smallest absolute Gasteiger partial charge is 0.243 e. The van der Waals surface area contributed by atoms with Crippen LogP contribution in [0.25, 0.3) is 0 Å². The van der Waals surface area contributed by atoms with Crippen molar-refractivity contribution in [2.75, 3.05) is 18.7 Å². The number of para-hydroxylation sites is 1. The van der Waals surface area contributed by atoms with Gasteiger partial charge in [0.15, 0.2) is 0 Å². The molecular formula is C17H24N2O3S. The molecule has 5 nitrogen and oxygen atoms in total. The highest BCUT2D eigenvalue weighted by molar-refractivity contribution is 7.99. The molecule has 1 aromatic rings. The Morgan fingerprint density at radius 3 is 2.87 bits per heavy atom. The Morgan fingerprint density at radius 2 is 2.17 bits per heavy atom. The summed E-state index contributed by atoms with van der Waals surface area (Å²) < 4.78 is 5.29. The molecule has 1 aliphatic rings. The minimum Gasteiger partial charge on any atom is -0.496 e. The van der Waals surface area contributed by atoms with Gasteiger partial charge in [-0.25, -0.2) is 0 Å². The Hall–Kier alpha value is -1.69. The number of rotatable bonds is 6. The summed E-state index contributed by atoms with van der Waals surface area (Å²) in [6, 6.07) is 7.21. The zero-order chi connectivity index (χ0) is 16.8. The first kappa shape index (κ1) is 17.7. The SMILES string of the molecule is CC[C@H](C)C(=O)N1CSC[C@H]1C(=O)NCc1ccccc1OC. The largest absolute Gasteiger partial charge is 0.496 e. The van der Waals surface area contributed by atoms with Crippen molar-refractivity contribution in [3.8, 4) is 5.75 Å². The third-order valence-corrected chi connectivity index (χ3v) is 5.16. The van der Waals surface area contributed by atoms with E-state index in [2.05, 4.69) is 5.32 Å². The number of carbonyl (C=O) groups is 2. The third kappa shape index (κ3) is 4.19. The number of carbonyl (C=O) groups excluding carboxylic acids is 2. The van der Waals surface area contributed by atoms with E-state index in [0.717, 1.165) is 17.7 Å². The molecule has 1 aliphatic heterocycles. The van der Waals surface area contributed by atoms with Crippen LogP contribution in [0.4, 0.5) is 0 Å². The number of ether oxygens (including phenoxy) is 1. The summed E-state index contributed by atoms with van der Waals surface area (Å²) in [5.74, 6) is 1.92. The van der Waals surface area contributed by atoms with Crippen LogP contribution < -0.4 is 10.1 Å². The lowest BCUT2D eigenvalue weighted by Gasteiger charge is -2.25. The number of benzene rings is 1. The average molecular weight is 336 g/mol. The van der Waals surface area contributed by atoms with Gasteiger partial charge < -0.3 is 15.0 Å². The number of thioether (sulfide) groups is 1. The van der Waals surface area contributed by atoms with Crippen LogP contribution in [0.3, 0.4) is 0 Å². The first-order valence-electron chi connectivity index (χ1n) is 7.86. The molecule has 1 N–H and O–H groups in total. The van der Waals surface area contributed by atoms with Crippen molar-refractivity contribution >= 4 is 23.6 Å². The first-order chi connectivity index (χ1) is 11.1. The minimum atomic E-state index is -0.379. The quantitative estimate of drug-likeness (QED) is 0.866. The molecule has 2 atom stereocenters. The molecule has 0 spiro atoms. The monoisotopic (exact) mass is 336 g/mol.